The number of carbonyl (C=O) groups is 1. The van der Waals surface area contributed by atoms with Crippen molar-refractivity contribution in [1.29, 1.82) is 0 Å². The summed E-state index contributed by atoms with van der Waals surface area (Å²) in [6, 6.07) is 5.22. The van der Waals surface area contributed by atoms with Gasteiger partial charge in [0.15, 0.2) is 5.78 Å². The molecule has 4 nitrogen and oxygen atoms in total. The largest absolute Gasteiger partial charge is 0.399 e. The molecule has 1 aromatic heterocycles. The number of aryl methyl sites for hydroxylation is 1. The molecule has 0 amide bonds. The van der Waals surface area contributed by atoms with Crippen LogP contribution in [0.1, 0.15) is 15.9 Å². The van der Waals surface area contributed by atoms with Gasteiger partial charge in [-0.05, 0) is 23.8 Å². The molecule has 0 aliphatic heterocycles. The van der Waals surface area contributed by atoms with E-state index in [1.807, 2.05) is 13.2 Å². The van der Waals surface area contributed by atoms with Gasteiger partial charge >= 0.3 is 0 Å². The van der Waals surface area contributed by atoms with Crippen LogP contribution < -0.4 is 5.73 Å². The summed E-state index contributed by atoms with van der Waals surface area (Å²) in [6.45, 7) is 0. The highest BCUT2D eigenvalue weighted by Crippen LogP contribution is 2.21. The lowest BCUT2D eigenvalue weighted by Gasteiger charge is -2.03. The molecule has 0 aliphatic carbocycles. The molecule has 5 heteroatoms. The van der Waals surface area contributed by atoms with Crippen molar-refractivity contribution in [3.8, 4) is 0 Å². The first-order valence-corrected chi connectivity index (χ1v) is 5.91. The van der Waals surface area contributed by atoms with E-state index in [1.165, 1.54) is 0 Å². The Morgan fingerprint density at radius 2 is 2.29 bits per heavy atom. The van der Waals surface area contributed by atoms with E-state index >= 15 is 0 Å². The Kier molecular flexibility index (Phi) is 3.28. The molecule has 17 heavy (non-hydrogen) atoms. The Bertz CT molecular complexity index is 563. The van der Waals surface area contributed by atoms with E-state index in [1.54, 1.807) is 29.1 Å². The fraction of sp³-hybridized carbons (Fsp3) is 0.167. The molecule has 0 spiro atoms. The third kappa shape index (κ3) is 2.74. The highest BCUT2D eigenvalue weighted by atomic mass is 79.9. The van der Waals surface area contributed by atoms with Gasteiger partial charge < -0.3 is 5.73 Å². The number of rotatable bonds is 3. The second-order valence-corrected chi connectivity index (χ2v) is 4.72. The van der Waals surface area contributed by atoms with Gasteiger partial charge in [-0.25, -0.2) is 0 Å². The minimum Gasteiger partial charge on any atom is -0.399 e. The van der Waals surface area contributed by atoms with E-state index in [0.717, 1.165) is 10.0 Å². The average Bonchev–Trinajstić information content (AvgIpc) is 2.67. The predicted octanol–water partition coefficient (Wildman–Crippen LogP) is 2.19. The first-order valence-electron chi connectivity index (χ1n) is 5.12. The normalized spacial score (nSPS) is 10.5. The first-order chi connectivity index (χ1) is 8.06. The van der Waals surface area contributed by atoms with E-state index < -0.39 is 0 Å². The third-order valence-corrected chi connectivity index (χ3v) is 3.11. The van der Waals surface area contributed by atoms with Crippen molar-refractivity contribution in [3.05, 3.63) is 46.2 Å². The van der Waals surface area contributed by atoms with E-state index in [4.69, 9.17) is 5.73 Å². The van der Waals surface area contributed by atoms with E-state index in [9.17, 15) is 4.79 Å². The first kappa shape index (κ1) is 11.9. The lowest BCUT2D eigenvalue weighted by Crippen LogP contribution is -2.04. The van der Waals surface area contributed by atoms with E-state index in [0.29, 0.717) is 17.7 Å². The van der Waals surface area contributed by atoms with Crippen LogP contribution in [0, 0.1) is 0 Å². The van der Waals surface area contributed by atoms with Gasteiger partial charge in [0.2, 0.25) is 0 Å². The van der Waals surface area contributed by atoms with Gasteiger partial charge in [-0.2, -0.15) is 5.10 Å². The Labute approximate surface area is 108 Å². The van der Waals surface area contributed by atoms with Crippen LogP contribution in [-0.4, -0.2) is 15.6 Å². The molecule has 0 radical (unpaired) electrons. The average molecular weight is 294 g/mol. The third-order valence-electron chi connectivity index (χ3n) is 2.41. The molecule has 2 rings (SSSR count). The minimum absolute atomic E-state index is 0.0252. The number of carbonyl (C=O) groups excluding carboxylic acids is 1. The second-order valence-electron chi connectivity index (χ2n) is 3.86. The van der Waals surface area contributed by atoms with Gasteiger partial charge in [-0.3, -0.25) is 9.48 Å². The number of hydrogen-bond acceptors (Lipinski definition) is 3. The molecule has 0 fully saturated rings. The number of nitrogen functional groups attached to an aromatic ring is 1. The van der Waals surface area contributed by atoms with Gasteiger partial charge in [-0.15, -0.1) is 0 Å². The zero-order valence-electron chi connectivity index (χ0n) is 9.35. The van der Waals surface area contributed by atoms with Gasteiger partial charge in [0, 0.05) is 35.4 Å². The Balaban J connectivity index is 2.22. The van der Waals surface area contributed by atoms with Crippen molar-refractivity contribution in [2.24, 2.45) is 7.05 Å². The zero-order chi connectivity index (χ0) is 12.4. The van der Waals surface area contributed by atoms with Crippen LogP contribution in [0.5, 0.6) is 0 Å². The lowest BCUT2D eigenvalue weighted by atomic mass is 10.0. The maximum absolute atomic E-state index is 12.1. The predicted molar refractivity (Wildman–Crippen MR) is 69.8 cm³/mol. The number of benzene rings is 1. The van der Waals surface area contributed by atoms with Gasteiger partial charge in [0.1, 0.15) is 0 Å². The highest BCUT2D eigenvalue weighted by molar-refractivity contribution is 9.10. The SMILES string of the molecule is Cn1cc(CC(=O)c2cc(N)ccc2Br)cn1. The molecule has 1 heterocycles. The van der Waals surface area contributed by atoms with Gasteiger partial charge in [0.05, 0.1) is 6.20 Å². The Hall–Kier alpha value is -1.62. The standard InChI is InChI=1S/C12H12BrN3O/c1-16-7-8(6-15-16)4-12(17)10-5-9(14)2-3-11(10)13/h2-3,5-7H,4,14H2,1H3. The lowest BCUT2D eigenvalue weighted by molar-refractivity contribution is 0.0992. The Morgan fingerprint density at radius 1 is 1.53 bits per heavy atom. The minimum atomic E-state index is 0.0252. The number of halogens is 1. The molecule has 0 atom stereocenters. The smallest absolute Gasteiger partial charge is 0.168 e. The van der Waals surface area contributed by atoms with Crippen molar-refractivity contribution < 1.29 is 4.79 Å². The summed E-state index contributed by atoms with van der Waals surface area (Å²) >= 11 is 3.35. The summed E-state index contributed by atoms with van der Waals surface area (Å²) in [4.78, 5) is 12.1. The molecule has 2 aromatic rings. The second kappa shape index (κ2) is 4.71. The molecule has 88 valence electrons. The van der Waals surface area contributed by atoms with Crippen LogP contribution in [-0.2, 0) is 13.5 Å². The number of anilines is 1. The fourth-order valence-electron chi connectivity index (χ4n) is 1.60. The number of nitrogens with two attached hydrogens (primary N) is 1. The zero-order valence-corrected chi connectivity index (χ0v) is 10.9. The summed E-state index contributed by atoms with van der Waals surface area (Å²) in [5, 5.41) is 4.03. The van der Waals surface area contributed by atoms with Crippen LogP contribution in [0.2, 0.25) is 0 Å². The summed E-state index contributed by atoms with van der Waals surface area (Å²) in [7, 11) is 1.82. The van der Waals surface area contributed by atoms with Gasteiger partial charge in [-0.1, -0.05) is 15.9 Å². The van der Waals surface area contributed by atoms with Crippen molar-refractivity contribution >= 4 is 27.4 Å². The number of ketones is 1. The van der Waals surface area contributed by atoms with Crippen LogP contribution in [0.15, 0.2) is 35.1 Å². The summed E-state index contributed by atoms with van der Waals surface area (Å²) in [5.74, 6) is 0.0252. The van der Waals surface area contributed by atoms with Crippen LogP contribution in [0.4, 0.5) is 5.69 Å². The topological polar surface area (TPSA) is 60.9 Å². The maximum Gasteiger partial charge on any atom is 0.168 e. The summed E-state index contributed by atoms with van der Waals surface area (Å²) in [6.07, 6.45) is 3.85. The van der Waals surface area contributed by atoms with Crippen molar-refractivity contribution in [3.63, 3.8) is 0 Å². The molecule has 0 aliphatic rings. The summed E-state index contributed by atoms with van der Waals surface area (Å²) in [5.41, 5.74) is 7.76. The quantitative estimate of drug-likeness (QED) is 0.697. The van der Waals surface area contributed by atoms with Crippen molar-refractivity contribution in [1.82, 2.24) is 9.78 Å². The van der Waals surface area contributed by atoms with Crippen molar-refractivity contribution in [2.45, 2.75) is 6.42 Å². The molecule has 2 N–H and O–H groups in total. The van der Waals surface area contributed by atoms with E-state index in [-0.39, 0.29) is 5.78 Å². The Morgan fingerprint density at radius 3 is 2.94 bits per heavy atom. The molecular weight excluding hydrogens is 282 g/mol. The maximum atomic E-state index is 12.1. The van der Waals surface area contributed by atoms with Gasteiger partial charge in [0.25, 0.3) is 0 Å². The van der Waals surface area contributed by atoms with Crippen LogP contribution >= 0.6 is 15.9 Å². The molecule has 1 aromatic carbocycles. The number of aromatic nitrogens is 2. The van der Waals surface area contributed by atoms with Crippen LogP contribution in [0.25, 0.3) is 0 Å². The molecule has 0 unspecified atom stereocenters. The fourth-order valence-corrected chi connectivity index (χ4v) is 2.07. The molecule has 0 bridgehead atoms. The number of nitrogens with zero attached hydrogens (tertiary/aromatic N) is 2. The van der Waals surface area contributed by atoms with Crippen molar-refractivity contribution in [2.75, 3.05) is 5.73 Å². The molecular formula is C12H12BrN3O. The number of hydrogen-bond donors (Lipinski definition) is 1. The molecule has 0 saturated heterocycles. The van der Waals surface area contributed by atoms with E-state index in [2.05, 4.69) is 21.0 Å². The monoisotopic (exact) mass is 293 g/mol. The molecule has 0 saturated carbocycles. The highest BCUT2D eigenvalue weighted by Gasteiger charge is 2.12. The van der Waals surface area contributed by atoms with Crippen LogP contribution in [0.3, 0.4) is 0 Å². The summed E-state index contributed by atoms with van der Waals surface area (Å²) < 4.78 is 2.44. The number of Topliss-reactive ketones (excluding diaryl/α,β-unsaturated/α-hetero) is 1.